The molecule has 0 radical (unpaired) electrons. The van der Waals surface area contributed by atoms with Crippen LogP contribution in [0.15, 0.2) is 23.1 Å². The molecule has 0 aliphatic rings. The van der Waals surface area contributed by atoms with E-state index in [0.29, 0.717) is 17.6 Å². The molecule has 0 amide bonds. The fourth-order valence-electron chi connectivity index (χ4n) is 1.47. The van der Waals surface area contributed by atoms with Gasteiger partial charge in [-0.2, -0.15) is 0 Å². The van der Waals surface area contributed by atoms with Crippen LogP contribution in [0.3, 0.4) is 0 Å². The van der Waals surface area contributed by atoms with Crippen molar-refractivity contribution in [3.8, 4) is 0 Å². The summed E-state index contributed by atoms with van der Waals surface area (Å²) in [5, 5.41) is 14.0. The third-order valence-corrected chi connectivity index (χ3v) is 3.89. The number of hydrogen-bond donors (Lipinski definition) is 2. The van der Waals surface area contributed by atoms with Crippen molar-refractivity contribution in [1.82, 2.24) is 5.32 Å². The van der Waals surface area contributed by atoms with Crippen LogP contribution in [-0.2, 0) is 0 Å². The first-order valence-corrected chi connectivity index (χ1v) is 7.43. The second kappa shape index (κ2) is 7.27. The number of thioether (sulfide) groups is 1. The highest BCUT2D eigenvalue weighted by molar-refractivity contribution is 7.98. The van der Waals surface area contributed by atoms with Gasteiger partial charge in [-0.1, -0.05) is 24.6 Å². The van der Waals surface area contributed by atoms with Crippen LogP contribution in [0.1, 0.15) is 31.9 Å². The molecule has 0 fully saturated rings. The highest BCUT2D eigenvalue weighted by Gasteiger charge is 2.12. The molecule has 2 N–H and O–H groups in total. The first kappa shape index (κ1) is 14.8. The van der Waals surface area contributed by atoms with Crippen molar-refractivity contribution in [1.29, 1.82) is 0 Å². The fraction of sp³-hybridized carbons (Fsp3) is 0.538. The zero-order valence-corrected chi connectivity index (χ0v) is 12.1. The van der Waals surface area contributed by atoms with Crippen LogP contribution in [0, 0.1) is 0 Å². The molecule has 2 nitrogen and oxygen atoms in total. The lowest BCUT2D eigenvalue weighted by Crippen LogP contribution is -2.29. The summed E-state index contributed by atoms with van der Waals surface area (Å²) in [5.74, 6) is 0. The van der Waals surface area contributed by atoms with Gasteiger partial charge in [0.05, 0.1) is 6.10 Å². The number of aliphatic hydroxyl groups is 1. The number of benzene rings is 1. The molecule has 0 aromatic heterocycles. The van der Waals surface area contributed by atoms with E-state index in [1.807, 2.05) is 24.5 Å². The number of nitrogens with one attached hydrogen (secondary N) is 1. The summed E-state index contributed by atoms with van der Waals surface area (Å²) >= 11 is 7.79. The minimum absolute atomic E-state index is 0.411. The van der Waals surface area contributed by atoms with Gasteiger partial charge in [0.25, 0.3) is 0 Å². The predicted molar refractivity (Wildman–Crippen MR) is 75.9 cm³/mol. The first-order valence-electron chi connectivity index (χ1n) is 5.83. The minimum atomic E-state index is -0.549. The molecule has 0 heterocycles. The molecular formula is C13H20ClNOS. The minimum Gasteiger partial charge on any atom is -0.387 e. The van der Waals surface area contributed by atoms with E-state index < -0.39 is 6.10 Å². The normalized spacial score (nSPS) is 14.6. The van der Waals surface area contributed by atoms with Gasteiger partial charge in [-0.15, -0.1) is 11.8 Å². The van der Waals surface area contributed by atoms with Crippen molar-refractivity contribution in [3.05, 3.63) is 28.8 Å². The molecule has 0 bridgehead atoms. The van der Waals surface area contributed by atoms with Gasteiger partial charge in [-0.3, -0.25) is 0 Å². The van der Waals surface area contributed by atoms with Crippen molar-refractivity contribution >= 4 is 23.4 Å². The molecule has 96 valence electrons. The van der Waals surface area contributed by atoms with Crippen LogP contribution in [-0.4, -0.2) is 23.9 Å². The SMILES string of the molecule is CCC(C)NCC(O)c1ccc(SC)cc1Cl. The van der Waals surface area contributed by atoms with Gasteiger partial charge in [0, 0.05) is 28.1 Å². The second-order valence-electron chi connectivity index (χ2n) is 4.12. The van der Waals surface area contributed by atoms with E-state index in [-0.39, 0.29) is 0 Å². The Morgan fingerprint density at radius 3 is 2.71 bits per heavy atom. The predicted octanol–water partition coefficient (Wildman–Crippen LogP) is 3.48. The largest absolute Gasteiger partial charge is 0.387 e. The lowest BCUT2D eigenvalue weighted by Gasteiger charge is -2.17. The monoisotopic (exact) mass is 273 g/mol. The van der Waals surface area contributed by atoms with E-state index in [9.17, 15) is 5.11 Å². The van der Waals surface area contributed by atoms with Gasteiger partial charge < -0.3 is 10.4 Å². The van der Waals surface area contributed by atoms with Crippen LogP contribution >= 0.6 is 23.4 Å². The van der Waals surface area contributed by atoms with Gasteiger partial charge in [-0.05, 0) is 31.7 Å². The van der Waals surface area contributed by atoms with Crippen LogP contribution in [0.2, 0.25) is 5.02 Å². The Balaban J connectivity index is 2.65. The summed E-state index contributed by atoms with van der Waals surface area (Å²) in [6.45, 7) is 4.75. The molecule has 0 aliphatic carbocycles. The Labute approximate surface area is 113 Å². The molecule has 2 atom stereocenters. The topological polar surface area (TPSA) is 32.3 Å². The molecule has 1 aromatic carbocycles. The van der Waals surface area contributed by atoms with Gasteiger partial charge in [0.1, 0.15) is 0 Å². The Hall–Kier alpha value is -0.220. The maximum absolute atomic E-state index is 10.1. The van der Waals surface area contributed by atoms with Crippen molar-refractivity contribution in [3.63, 3.8) is 0 Å². The number of rotatable bonds is 6. The van der Waals surface area contributed by atoms with Crippen LogP contribution in [0.25, 0.3) is 0 Å². The van der Waals surface area contributed by atoms with E-state index >= 15 is 0 Å². The molecule has 17 heavy (non-hydrogen) atoms. The Kier molecular flexibility index (Phi) is 6.34. The highest BCUT2D eigenvalue weighted by atomic mass is 35.5. The summed E-state index contributed by atoms with van der Waals surface area (Å²) in [6.07, 6.45) is 2.50. The molecule has 4 heteroatoms. The van der Waals surface area contributed by atoms with E-state index in [4.69, 9.17) is 11.6 Å². The first-order chi connectivity index (χ1) is 8.08. The molecule has 1 rings (SSSR count). The van der Waals surface area contributed by atoms with Crippen molar-refractivity contribution in [2.24, 2.45) is 0 Å². The lowest BCUT2D eigenvalue weighted by molar-refractivity contribution is 0.170. The van der Waals surface area contributed by atoms with E-state index in [1.54, 1.807) is 11.8 Å². The molecule has 1 aromatic rings. The van der Waals surface area contributed by atoms with Crippen molar-refractivity contribution in [2.45, 2.75) is 37.3 Å². The van der Waals surface area contributed by atoms with Crippen LogP contribution < -0.4 is 5.32 Å². The molecule has 0 aliphatic heterocycles. The summed E-state index contributed by atoms with van der Waals surface area (Å²) in [7, 11) is 0. The zero-order chi connectivity index (χ0) is 12.8. The Morgan fingerprint density at radius 2 is 2.18 bits per heavy atom. The number of hydrogen-bond acceptors (Lipinski definition) is 3. The fourth-order valence-corrected chi connectivity index (χ4v) is 2.28. The van der Waals surface area contributed by atoms with Gasteiger partial charge in [-0.25, -0.2) is 0 Å². The lowest BCUT2D eigenvalue weighted by atomic mass is 10.1. The molecule has 2 unspecified atom stereocenters. The average Bonchev–Trinajstić information content (AvgIpc) is 2.35. The second-order valence-corrected chi connectivity index (χ2v) is 5.41. The van der Waals surface area contributed by atoms with Gasteiger partial charge in [0.15, 0.2) is 0 Å². The Bertz CT molecular complexity index is 359. The quantitative estimate of drug-likeness (QED) is 0.779. The third-order valence-electron chi connectivity index (χ3n) is 2.84. The van der Waals surface area contributed by atoms with E-state index in [1.165, 1.54) is 0 Å². The average molecular weight is 274 g/mol. The number of aliphatic hydroxyl groups excluding tert-OH is 1. The zero-order valence-electron chi connectivity index (χ0n) is 10.5. The molecule has 0 saturated carbocycles. The van der Waals surface area contributed by atoms with Crippen molar-refractivity contribution < 1.29 is 5.11 Å². The van der Waals surface area contributed by atoms with Gasteiger partial charge >= 0.3 is 0 Å². The van der Waals surface area contributed by atoms with E-state index in [2.05, 4.69) is 19.2 Å². The summed E-state index contributed by atoms with van der Waals surface area (Å²) in [6, 6.07) is 6.19. The van der Waals surface area contributed by atoms with E-state index in [0.717, 1.165) is 16.9 Å². The van der Waals surface area contributed by atoms with Crippen LogP contribution in [0.4, 0.5) is 0 Å². The molecular weight excluding hydrogens is 254 g/mol. The number of halogens is 1. The summed E-state index contributed by atoms with van der Waals surface area (Å²) in [4.78, 5) is 1.11. The molecule has 0 saturated heterocycles. The summed E-state index contributed by atoms with van der Waals surface area (Å²) in [5.41, 5.74) is 0.792. The maximum atomic E-state index is 10.1. The summed E-state index contributed by atoms with van der Waals surface area (Å²) < 4.78 is 0. The van der Waals surface area contributed by atoms with Gasteiger partial charge in [0.2, 0.25) is 0 Å². The smallest absolute Gasteiger partial charge is 0.0928 e. The highest BCUT2D eigenvalue weighted by Crippen LogP contribution is 2.27. The maximum Gasteiger partial charge on any atom is 0.0928 e. The standard InChI is InChI=1S/C13H20ClNOS/c1-4-9(2)15-8-13(16)11-6-5-10(17-3)7-12(11)14/h5-7,9,13,15-16H,4,8H2,1-3H3. The van der Waals surface area contributed by atoms with Crippen molar-refractivity contribution in [2.75, 3.05) is 12.8 Å². The third kappa shape index (κ3) is 4.51. The molecule has 0 spiro atoms. The Morgan fingerprint density at radius 1 is 1.47 bits per heavy atom. The van der Waals surface area contributed by atoms with Crippen LogP contribution in [0.5, 0.6) is 0 Å².